The van der Waals surface area contributed by atoms with Crippen molar-refractivity contribution in [3.05, 3.63) is 59.1 Å². The molecule has 106 valence electrons. The Hall–Kier alpha value is -1.71. The number of anilines is 1. The van der Waals surface area contributed by atoms with E-state index in [-0.39, 0.29) is 0 Å². The highest BCUT2D eigenvalue weighted by molar-refractivity contribution is 6.30. The molecule has 2 aromatic carbocycles. The molecule has 0 atom stereocenters. The van der Waals surface area contributed by atoms with E-state index in [4.69, 9.17) is 22.1 Å². The fourth-order valence-corrected chi connectivity index (χ4v) is 1.99. The zero-order valence-corrected chi connectivity index (χ0v) is 12.3. The van der Waals surface area contributed by atoms with Crippen molar-refractivity contribution in [3.8, 4) is 5.75 Å². The molecule has 3 nitrogen and oxygen atoms in total. The van der Waals surface area contributed by atoms with Gasteiger partial charge < -0.3 is 10.5 Å². The first kappa shape index (κ1) is 14.7. The Balaban J connectivity index is 1.73. The fourth-order valence-electron chi connectivity index (χ4n) is 1.86. The monoisotopic (exact) mass is 290 g/mol. The molecule has 0 spiro atoms. The van der Waals surface area contributed by atoms with Crippen LogP contribution in [-0.4, -0.2) is 25.1 Å². The highest BCUT2D eigenvalue weighted by Crippen LogP contribution is 2.13. The molecule has 0 amide bonds. The van der Waals surface area contributed by atoms with Gasteiger partial charge in [0.1, 0.15) is 12.4 Å². The summed E-state index contributed by atoms with van der Waals surface area (Å²) in [5.74, 6) is 0.846. The summed E-state index contributed by atoms with van der Waals surface area (Å²) in [6.07, 6.45) is 0. The summed E-state index contributed by atoms with van der Waals surface area (Å²) in [4.78, 5) is 2.21. The molecule has 0 aromatic heterocycles. The summed E-state index contributed by atoms with van der Waals surface area (Å²) in [5, 5.41) is 0.767. The largest absolute Gasteiger partial charge is 0.492 e. The Morgan fingerprint density at radius 3 is 2.35 bits per heavy atom. The molecule has 2 aromatic rings. The first-order valence-corrected chi connectivity index (χ1v) is 6.92. The first-order valence-electron chi connectivity index (χ1n) is 6.55. The molecule has 0 aliphatic heterocycles. The molecule has 0 unspecified atom stereocenters. The number of ether oxygens (including phenoxy) is 1. The zero-order chi connectivity index (χ0) is 14.4. The number of nitrogen functional groups attached to an aromatic ring is 1. The molecule has 0 aliphatic rings. The van der Waals surface area contributed by atoms with E-state index in [0.717, 1.165) is 29.5 Å². The Labute approximate surface area is 124 Å². The van der Waals surface area contributed by atoms with Crippen molar-refractivity contribution in [1.29, 1.82) is 0 Å². The number of nitrogens with zero attached hydrogens (tertiary/aromatic N) is 1. The van der Waals surface area contributed by atoms with Crippen LogP contribution in [0.1, 0.15) is 5.56 Å². The highest BCUT2D eigenvalue weighted by Gasteiger charge is 2.01. The van der Waals surface area contributed by atoms with Crippen LogP contribution in [0.4, 0.5) is 5.69 Å². The average Bonchev–Trinajstić information content (AvgIpc) is 2.44. The number of hydrogen-bond donors (Lipinski definition) is 1. The molecule has 4 heteroatoms. The highest BCUT2D eigenvalue weighted by atomic mass is 35.5. The van der Waals surface area contributed by atoms with Gasteiger partial charge in [-0.2, -0.15) is 0 Å². The normalized spacial score (nSPS) is 10.8. The predicted octanol–water partition coefficient (Wildman–Crippen LogP) is 3.43. The van der Waals surface area contributed by atoms with Crippen LogP contribution in [0.5, 0.6) is 5.75 Å². The van der Waals surface area contributed by atoms with Gasteiger partial charge in [-0.3, -0.25) is 4.90 Å². The second-order valence-electron chi connectivity index (χ2n) is 4.78. The lowest BCUT2D eigenvalue weighted by Gasteiger charge is -2.17. The molecule has 0 radical (unpaired) electrons. The third kappa shape index (κ3) is 4.76. The van der Waals surface area contributed by atoms with E-state index in [0.29, 0.717) is 6.61 Å². The van der Waals surface area contributed by atoms with Gasteiger partial charge in [-0.05, 0) is 49.0 Å². The molecule has 0 bridgehead atoms. The Bertz CT molecular complexity index is 525. The van der Waals surface area contributed by atoms with E-state index in [9.17, 15) is 0 Å². The van der Waals surface area contributed by atoms with Crippen LogP contribution in [-0.2, 0) is 6.54 Å². The van der Waals surface area contributed by atoms with Gasteiger partial charge in [0, 0.05) is 23.8 Å². The van der Waals surface area contributed by atoms with Crippen LogP contribution in [0.3, 0.4) is 0 Å². The average molecular weight is 291 g/mol. The topological polar surface area (TPSA) is 38.5 Å². The molecular formula is C16H19ClN2O. The van der Waals surface area contributed by atoms with E-state index in [2.05, 4.69) is 11.9 Å². The summed E-state index contributed by atoms with van der Waals surface area (Å²) in [6, 6.07) is 15.4. The van der Waals surface area contributed by atoms with Crippen LogP contribution < -0.4 is 10.5 Å². The van der Waals surface area contributed by atoms with Gasteiger partial charge in [-0.25, -0.2) is 0 Å². The summed E-state index contributed by atoms with van der Waals surface area (Å²) >= 11 is 5.87. The van der Waals surface area contributed by atoms with Crippen LogP contribution in [0, 0.1) is 0 Å². The van der Waals surface area contributed by atoms with Crippen molar-refractivity contribution < 1.29 is 4.74 Å². The van der Waals surface area contributed by atoms with Crippen LogP contribution >= 0.6 is 11.6 Å². The fraction of sp³-hybridized carbons (Fsp3) is 0.250. The van der Waals surface area contributed by atoms with Crippen molar-refractivity contribution in [2.24, 2.45) is 0 Å². The van der Waals surface area contributed by atoms with E-state index in [1.54, 1.807) is 0 Å². The minimum atomic E-state index is 0.647. The molecule has 0 heterocycles. The molecule has 0 saturated heterocycles. The summed E-state index contributed by atoms with van der Waals surface area (Å²) < 4.78 is 5.67. The third-order valence-electron chi connectivity index (χ3n) is 2.99. The van der Waals surface area contributed by atoms with Crippen LogP contribution in [0.2, 0.25) is 5.02 Å². The van der Waals surface area contributed by atoms with E-state index >= 15 is 0 Å². The maximum atomic E-state index is 5.87. The van der Waals surface area contributed by atoms with Gasteiger partial charge in [0.15, 0.2) is 0 Å². The third-order valence-corrected chi connectivity index (χ3v) is 3.24. The van der Waals surface area contributed by atoms with Crippen LogP contribution in [0.25, 0.3) is 0 Å². The maximum Gasteiger partial charge on any atom is 0.119 e. The van der Waals surface area contributed by atoms with E-state index in [1.807, 2.05) is 48.5 Å². The summed E-state index contributed by atoms with van der Waals surface area (Å²) in [6.45, 7) is 2.38. The zero-order valence-electron chi connectivity index (χ0n) is 11.6. The Kier molecular flexibility index (Phi) is 5.27. The van der Waals surface area contributed by atoms with E-state index < -0.39 is 0 Å². The predicted molar refractivity (Wildman–Crippen MR) is 84.1 cm³/mol. The lowest BCUT2D eigenvalue weighted by atomic mass is 10.2. The van der Waals surface area contributed by atoms with Gasteiger partial charge in [0.25, 0.3) is 0 Å². The number of rotatable bonds is 6. The van der Waals surface area contributed by atoms with Crippen LogP contribution in [0.15, 0.2) is 48.5 Å². The Morgan fingerprint density at radius 2 is 1.70 bits per heavy atom. The van der Waals surface area contributed by atoms with E-state index in [1.165, 1.54) is 5.56 Å². The molecular weight excluding hydrogens is 272 g/mol. The van der Waals surface area contributed by atoms with Crippen molar-refractivity contribution in [3.63, 3.8) is 0 Å². The molecule has 2 N–H and O–H groups in total. The van der Waals surface area contributed by atoms with Gasteiger partial charge in [0.2, 0.25) is 0 Å². The van der Waals surface area contributed by atoms with Gasteiger partial charge in [-0.15, -0.1) is 0 Å². The lowest BCUT2D eigenvalue weighted by molar-refractivity contribution is 0.233. The van der Waals surface area contributed by atoms with Gasteiger partial charge >= 0.3 is 0 Å². The number of halogens is 1. The smallest absolute Gasteiger partial charge is 0.119 e. The van der Waals surface area contributed by atoms with Crippen molar-refractivity contribution in [2.75, 3.05) is 25.9 Å². The molecule has 20 heavy (non-hydrogen) atoms. The lowest BCUT2D eigenvalue weighted by Crippen LogP contribution is -2.23. The maximum absolute atomic E-state index is 5.87. The summed E-state index contributed by atoms with van der Waals surface area (Å²) in [7, 11) is 2.07. The number of likely N-dealkylation sites (N-methyl/N-ethyl adjacent to an activating group) is 1. The second-order valence-corrected chi connectivity index (χ2v) is 5.22. The number of hydrogen-bond acceptors (Lipinski definition) is 3. The van der Waals surface area contributed by atoms with Crippen molar-refractivity contribution >= 4 is 17.3 Å². The van der Waals surface area contributed by atoms with Gasteiger partial charge in [0.05, 0.1) is 0 Å². The number of benzene rings is 2. The quantitative estimate of drug-likeness (QED) is 0.828. The molecule has 0 aliphatic carbocycles. The summed E-state index contributed by atoms with van der Waals surface area (Å²) in [5.41, 5.74) is 7.61. The number of nitrogens with two attached hydrogens (primary N) is 1. The molecule has 0 saturated carbocycles. The standard InChI is InChI=1S/C16H19ClN2O/c1-19(12-13-2-4-14(17)5-3-13)10-11-20-16-8-6-15(18)7-9-16/h2-9H,10-12,18H2,1H3. The Morgan fingerprint density at radius 1 is 1.05 bits per heavy atom. The SMILES string of the molecule is CN(CCOc1ccc(N)cc1)Cc1ccc(Cl)cc1. The first-order chi connectivity index (χ1) is 9.63. The minimum absolute atomic E-state index is 0.647. The molecule has 0 fully saturated rings. The van der Waals surface area contributed by atoms with Gasteiger partial charge in [-0.1, -0.05) is 23.7 Å². The minimum Gasteiger partial charge on any atom is -0.492 e. The second kappa shape index (κ2) is 7.17. The van der Waals surface area contributed by atoms with Crippen molar-refractivity contribution in [1.82, 2.24) is 4.90 Å². The molecule has 2 rings (SSSR count). The van der Waals surface area contributed by atoms with Crippen molar-refractivity contribution in [2.45, 2.75) is 6.54 Å².